The number of aliphatic hydroxyl groups is 1. The Labute approximate surface area is 206 Å². The molecular formula is C25H25ClN4O3S. The number of ether oxygens (including phenoxy) is 1. The van der Waals surface area contributed by atoms with Crippen LogP contribution in [0.3, 0.4) is 0 Å². The standard InChI is InChI=1S/C25H25ClN4O3S/c1-15(18-6-5-16(10-19(18)26)13-29-9-7-17(31)14-29)33-21-11-22(34-24(21)25(27)32)20-12-28-23-4-2-3-8-30(20)23/h2-6,8,10-12,15,17,31H,7,9,13-14H2,1H3,(H2,27,32)/t15-,17?/m1/s1. The van der Waals surface area contributed by atoms with Crippen LogP contribution in [0.1, 0.15) is 40.2 Å². The van der Waals surface area contributed by atoms with Gasteiger partial charge in [-0.3, -0.25) is 14.1 Å². The number of primary amides is 1. The molecule has 2 atom stereocenters. The highest BCUT2D eigenvalue weighted by atomic mass is 35.5. The number of nitrogens with zero attached hydrogens (tertiary/aromatic N) is 3. The number of imidazole rings is 1. The molecule has 7 nitrogen and oxygen atoms in total. The smallest absolute Gasteiger partial charge is 0.262 e. The number of likely N-dealkylation sites (tertiary alicyclic amines) is 1. The van der Waals surface area contributed by atoms with Crippen LogP contribution in [0.4, 0.5) is 0 Å². The van der Waals surface area contributed by atoms with Crippen LogP contribution in [0.5, 0.6) is 5.75 Å². The molecule has 0 aliphatic carbocycles. The minimum absolute atomic E-state index is 0.251. The molecule has 1 aliphatic heterocycles. The molecule has 0 radical (unpaired) electrons. The van der Waals surface area contributed by atoms with Crippen LogP contribution in [0.15, 0.2) is 54.9 Å². The number of fused-ring (bicyclic) bond motifs is 1. The molecule has 1 aromatic carbocycles. The van der Waals surface area contributed by atoms with Crippen LogP contribution in [0.25, 0.3) is 16.2 Å². The number of nitrogens with two attached hydrogens (primary N) is 1. The molecule has 0 spiro atoms. The zero-order chi connectivity index (χ0) is 23.8. The van der Waals surface area contributed by atoms with E-state index in [0.717, 1.165) is 46.9 Å². The van der Waals surface area contributed by atoms with Gasteiger partial charge in [0.05, 0.1) is 22.9 Å². The largest absolute Gasteiger partial charge is 0.484 e. The molecule has 3 aromatic heterocycles. The first kappa shape index (κ1) is 22.9. The molecule has 34 heavy (non-hydrogen) atoms. The summed E-state index contributed by atoms with van der Waals surface area (Å²) in [5.74, 6) is -0.112. The van der Waals surface area contributed by atoms with Gasteiger partial charge in [0.25, 0.3) is 5.91 Å². The number of aliphatic hydroxyl groups excluding tert-OH is 1. The van der Waals surface area contributed by atoms with Gasteiger partial charge in [0.2, 0.25) is 0 Å². The van der Waals surface area contributed by atoms with Gasteiger partial charge >= 0.3 is 0 Å². The van der Waals surface area contributed by atoms with Gasteiger partial charge in [-0.2, -0.15) is 0 Å². The Morgan fingerprint density at radius 1 is 1.35 bits per heavy atom. The van der Waals surface area contributed by atoms with Crippen molar-refractivity contribution in [2.45, 2.75) is 32.1 Å². The number of benzene rings is 1. The van der Waals surface area contributed by atoms with Crippen LogP contribution in [-0.2, 0) is 6.54 Å². The minimum atomic E-state index is -0.540. The summed E-state index contributed by atoms with van der Waals surface area (Å²) in [6, 6.07) is 13.5. The van der Waals surface area contributed by atoms with Crippen molar-refractivity contribution < 1.29 is 14.6 Å². The van der Waals surface area contributed by atoms with E-state index in [1.807, 2.05) is 60.0 Å². The Bertz CT molecular complexity index is 1350. The van der Waals surface area contributed by atoms with E-state index in [0.29, 0.717) is 22.2 Å². The maximum atomic E-state index is 12.2. The number of carbonyl (C=O) groups is 1. The van der Waals surface area contributed by atoms with Crippen LogP contribution in [0.2, 0.25) is 5.02 Å². The summed E-state index contributed by atoms with van der Waals surface area (Å²) >= 11 is 7.89. The van der Waals surface area contributed by atoms with Crippen molar-refractivity contribution in [2.75, 3.05) is 13.1 Å². The molecular weight excluding hydrogens is 472 g/mol. The first-order chi connectivity index (χ1) is 16.4. The number of thiophene rings is 1. The van der Waals surface area contributed by atoms with E-state index >= 15 is 0 Å². The molecule has 176 valence electrons. The summed E-state index contributed by atoms with van der Waals surface area (Å²) in [5.41, 5.74) is 9.25. The predicted molar refractivity (Wildman–Crippen MR) is 133 cm³/mol. The van der Waals surface area contributed by atoms with Crippen molar-refractivity contribution in [3.63, 3.8) is 0 Å². The molecule has 3 N–H and O–H groups in total. The highest BCUT2D eigenvalue weighted by molar-refractivity contribution is 7.17. The summed E-state index contributed by atoms with van der Waals surface area (Å²) in [7, 11) is 0. The van der Waals surface area contributed by atoms with E-state index in [9.17, 15) is 9.90 Å². The average molecular weight is 497 g/mol. The highest BCUT2D eigenvalue weighted by Gasteiger charge is 2.23. The summed E-state index contributed by atoms with van der Waals surface area (Å²) in [6.07, 6.45) is 3.86. The van der Waals surface area contributed by atoms with Crippen LogP contribution >= 0.6 is 22.9 Å². The van der Waals surface area contributed by atoms with Crippen molar-refractivity contribution in [3.8, 4) is 16.3 Å². The number of aromatic nitrogens is 2. The number of hydrogen-bond acceptors (Lipinski definition) is 6. The molecule has 4 aromatic rings. The lowest BCUT2D eigenvalue weighted by atomic mass is 10.1. The Morgan fingerprint density at radius 2 is 2.21 bits per heavy atom. The van der Waals surface area contributed by atoms with Crippen molar-refractivity contribution in [2.24, 2.45) is 5.73 Å². The molecule has 1 fully saturated rings. The van der Waals surface area contributed by atoms with Gasteiger partial charge in [0.1, 0.15) is 22.4 Å². The van der Waals surface area contributed by atoms with E-state index in [1.54, 1.807) is 6.20 Å². The molecule has 1 aliphatic rings. The van der Waals surface area contributed by atoms with Gasteiger partial charge in [-0.05, 0) is 37.1 Å². The number of pyridine rings is 1. The van der Waals surface area contributed by atoms with Gasteiger partial charge in [0, 0.05) is 42.5 Å². The third-order valence-electron chi connectivity index (χ3n) is 6.05. The van der Waals surface area contributed by atoms with Crippen molar-refractivity contribution in [1.82, 2.24) is 14.3 Å². The van der Waals surface area contributed by atoms with Crippen molar-refractivity contribution in [3.05, 3.63) is 75.9 Å². The highest BCUT2D eigenvalue weighted by Crippen LogP contribution is 2.39. The topological polar surface area (TPSA) is 93.1 Å². The minimum Gasteiger partial charge on any atom is -0.484 e. The number of carbonyl (C=O) groups excluding carboxylic acids is 1. The van der Waals surface area contributed by atoms with Gasteiger partial charge in [-0.1, -0.05) is 29.8 Å². The first-order valence-electron chi connectivity index (χ1n) is 11.1. The van der Waals surface area contributed by atoms with Crippen LogP contribution in [-0.4, -0.2) is 44.5 Å². The maximum absolute atomic E-state index is 12.2. The second-order valence-electron chi connectivity index (χ2n) is 8.53. The lowest BCUT2D eigenvalue weighted by Gasteiger charge is -2.19. The third-order valence-corrected chi connectivity index (χ3v) is 7.53. The molecule has 5 rings (SSSR count). The fourth-order valence-electron chi connectivity index (χ4n) is 4.34. The zero-order valence-corrected chi connectivity index (χ0v) is 20.2. The summed E-state index contributed by atoms with van der Waals surface area (Å²) in [4.78, 5) is 20.0. The van der Waals surface area contributed by atoms with Crippen LogP contribution in [0, 0.1) is 0 Å². The SMILES string of the molecule is C[C@@H](Oc1cc(-c2cnc3ccccn23)sc1C(N)=O)c1ccc(CN2CCC(O)C2)cc1Cl. The number of halogens is 1. The first-order valence-corrected chi connectivity index (χ1v) is 12.3. The van der Waals surface area contributed by atoms with Crippen LogP contribution < -0.4 is 10.5 Å². The summed E-state index contributed by atoms with van der Waals surface area (Å²) in [5, 5.41) is 10.3. The number of hydrogen-bond donors (Lipinski definition) is 2. The molecule has 1 unspecified atom stereocenters. The average Bonchev–Trinajstić information content (AvgIpc) is 3.52. The van der Waals surface area contributed by atoms with Gasteiger partial charge in [-0.15, -0.1) is 11.3 Å². The number of amides is 1. The van der Waals surface area contributed by atoms with Crippen molar-refractivity contribution >= 4 is 34.5 Å². The second kappa shape index (κ2) is 9.38. The predicted octanol–water partition coefficient (Wildman–Crippen LogP) is 4.52. The zero-order valence-electron chi connectivity index (χ0n) is 18.6. The molecule has 0 bridgehead atoms. The fraction of sp³-hybridized carbons (Fsp3) is 0.280. The number of β-amino-alcohol motifs (C(OH)–C–C–N with tert-alkyl or cyclic N) is 1. The van der Waals surface area contributed by atoms with E-state index in [2.05, 4.69) is 9.88 Å². The molecule has 0 saturated carbocycles. The third kappa shape index (κ3) is 4.54. The molecule has 4 heterocycles. The van der Waals surface area contributed by atoms with Gasteiger partial charge < -0.3 is 15.6 Å². The fourth-order valence-corrected chi connectivity index (χ4v) is 5.65. The second-order valence-corrected chi connectivity index (χ2v) is 9.99. The lowest BCUT2D eigenvalue weighted by molar-refractivity contribution is 0.0998. The monoisotopic (exact) mass is 496 g/mol. The molecule has 9 heteroatoms. The lowest BCUT2D eigenvalue weighted by Crippen LogP contribution is -2.21. The van der Waals surface area contributed by atoms with E-state index in [1.165, 1.54) is 11.3 Å². The van der Waals surface area contributed by atoms with Crippen molar-refractivity contribution in [1.29, 1.82) is 0 Å². The Hall–Kier alpha value is -2.91. The van der Waals surface area contributed by atoms with E-state index in [-0.39, 0.29) is 6.10 Å². The Morgan fingerprint density at radius 3 is 2.94 bits per heavy atom. The maximum Gasteiger partial charge on any atom is 0.262 e. The summed E-state index contributed by atoms with van der Waals surface area (Å²) in [6.45, 7) is 4.20. The Balaban J connectivity index is 1.38. The Kier molecular flexibility index (Phi) is 6.31. The van der Waals surface area contributed by atoms with E-state index < -0.39 is 12.0 Å². The van der Waals surface area contributed by atoms with E-state index in [4.69, 9.17) is 22.1 Å². The normalized spacial score (nSPS) is 17.3. The van der Waals surface area contributed by atoms with Gasteiger partial charge in [-0.25, -0.2) is 4.98 Å². The molecule has 1 amide bonds. The number of rotatable bonds is 7. The quantitative estimate of drug-likeness (QED) is 0.392. The summed E-state index contributed by atoms with van der Waals surface area (Å²) < 4.78 is 8.16. The van der Waals surface area contributed by atoms with Gasteiger partial charge in [0.15, 0.2) is 0 Å². The molecule has 1 saturated heterocycles.